The molecule has 32 heavy (non-hydrogen) atoms. The van der Waals surface area contributed by atoms with Crippen LogP contribution in [0.1, 0.15) is 45.9 Å². The first-order valence-electron chi connectivity index (χ1n) is 10.7. The molecule has 0 atom stereocenters. The molecule has 3 aromatic rings. The maximum Gasteiger partial charge on any atom is 0.221 e. The highest BCUT2D eigenvalue weighted by Gasteiger charge is 1.90. The van der Waals surface area contributed by atoms with Crippen LogP contribution in [0.4, 0.5) is 5.69 Å². The Morgan fingerprint density at radius 2 is 1.53 bits per heavy atom. The van der Waals surface area contributed by atoms with Gasteiger partial charge in [0.05, 0.1) is 0 Å². The Bertz CT molecular complexity index is 802. The van der Waals surface area contributed by atoms with Crippen LogP contribution >= 0.6 is 11.8 Å². The van der Waals surface area contributed by atoms with Gasteiger partial charge >= 0.3 is 0 Å². The maximum absolute atomic E-state index is 10.5. The molecule has 176 valence electrons. The maximum atomic E-state index is 10.5. The highest BCUT2D eigenvalue weighted by Crippen LogP contribution is 2.06. The minimum Gasteiger partial charge on any atom is -0.326 e. The number of nitrogens with zero attached hydrogens (tertiary/aromatic N) is 3. The van der Waals surface area contributed by atoms with Gasteiger partial charge in [-0.15, -0.1) is 0 Å². The number of nitrogens with one attached hydrogen (secondary N) is 2. The van der Waals surface area contributed by atoms with Gasteiger partial charge in [-0.3, -0.25) is 9.78 Å². The van der Waals surface area contributed by atoms with Crippen LogP contribution in [0.5, 0.6) is 0 Å². The summed E-state index contributed by atoms with van der Waals surface area (Å²) >= 11 is 1.56. The fraction of sp³-hybridized carbons (Fsp3) is 0.360. The minimum atomic E-state index is -0.0359. The zero-order valence-electron chi connectivity index (χ0n) is 20.7. The lowest BCUT2D eigenvalue weighted by Crippen LogP contribution is -2.04. The fourth-order valence-electron chi connectivity index (χ4n) is 1.95. The number of para-hydroxylation sites is 1. The van der Waals surface area contributed by atoms with Crippen molar-refractivity contribution in [3.8, 4) is 0 Å². The molecule has 0 aliphatic heterocycles. The number of hydrogen-bond acceptors (Lipinski definition) is 6. The molecule has 0 aliphatic carbocycles. The largest absolute Gasteiger partial charge is 0.326 e. The first kappa shape index (κ1) is 31.4. The molecule has 1 aromatic carbocycles. The van der Waals surface area contributed by atoms with E-state index in [1.807, 2.05) is 96.5 Å². The Morgan fingerprint density at radius 3 is 1.97 bits per heavy atom. The Labute approximate surface area is 198 Å². The summed E-state index contributed by atoms with van der Waals surface area (Å²) in [6.45, 7) is 12.4. The number of carbonyl (C=O) groups excluding carboxylic acids is 1. The molecule has 0 bridgehead atoms. The molecule has 6 nitrogen and oxygen atoms in total. The zero-order chi connectivity index (χ0) is 24.6. The predicted octanol–water partition coefficient (Wildman–Crippen LogP) is 6.01. The quantitative estimate of drug-likeness (QED) is 0.369. The van der Waals surface area contributed by atoms with Crippen molar-refractivity contribution >= 4 is 23.4 Å². The molecular formula is C25H39N5OS. The van der Waals surface area contributed by atoms with Crippen molar-refractivity contribution in [2.45, 2.75) is 53.2 Å². The number of rotatable bonds is 4. The molecule has 3 rings (SSSR count). The lowest BCUT2D eigenvalue weighted by molar-refractivity contribution is -0.114. The molecule has 0 fully saturated rings. The average molecular weight is 458 g/mol. The summed E-state index contributed by atoms with van der Waals surface area (Å²) in [5.74, 6) is -0.0359. The van der Waals surface area contributed by atoms with Gasteiger partial charge in [-0.2, -0.15) is 0 Å². The number of amides is 1. The van der Waals surface area contributed by atoms with Crippen LogP contribution in [0, 0.1) is 6.92 Å². The number of aryl methyl sites for hydroxylation is 1. The molecule has 2 aromatic heterocycles. The monoisotopic (exact) mass is 457 g/mol. The van der Waals surface area contributed by atoms with E-state index >= 15 is 0 Å². The number of pyridine rings is 1. The smallest absolute Gasteiger partial charge is 0.221 e. The lowest BCUT2D eigenvalue weighted by Gasteiger charge is -1.98. The van der Waals surface area contributed by atoms with Crippen molar-refractivity contribution in [2.24, 2.45) is 0 Å². The molecule has 0 radical (unpaired) electrons. The Morgan fingerprint density at radius 1 is 0.938 bits per heavy atom. The summed E-state index contributed by atoms with van der Waals surface area (Å²) < 4.78 is 0. The Hall–Kier alpha value is -2.77. The number of aromatic nitrogens is 3. The Kier molecular flexibility index (Phi) is 22.5. The summed E-state index contributed by atoms with van der Waals surface area (Å²) in [4.78, 5) is 22.6. The van der Waals surface area contributed by atoms with E-state index in [1.54, 1.807) is 30.4 Å². The van der Waals surface area contributed by atoms with E-state index < -0.39 is 0 Å². The third-order valence-corrected chi connectivity index (χ3v) is 3.74. The van der Waals surface area contributed by atoms with E-state index in [4.69, 9.17) is 0 Å². The molecule has 0 unspecified atom stereocenters. The Balaban J connectivity index is 0. The third kappa shape index (κ3) is 18.0. The van der Waals surface area contributed by atoms with Crippen LogP contribution in [0.15, 0.2) is 72.3 Å². The molecule has 2 heterocycles. The molecule has 7 heteroatoms. The van der Waals surface area contributed by atoms with E-state index in [0.29, 0.717) is 0 Å². The predicted molar refractivity (Wildman–Crippen MR) is 139 cm³/mol. The van der Waals surface area contributed by atoms with Crippen molar-refractivity contribution in [1.29, 1.82) is 0 Å². The van der Waals surface area contributed by atoms with Gasteiger partial charge in [0, 0.05) is 43.4 Å². The van der Waals surface area contributed by atoms with Gasteiger partial charge in [-0.25, -0.2) is 9.97 Å². The number of carbonyl (C=O) groups is 1. The van der Waals surface area contributed by atoms with Gasteiger partial charge < -0.3 is 10.6 Å². The summed E-state index contributed by atoms with van der Waals surface area (Å²) in [7, 11) is 1.93. The SMILES string of the molecule is CC.CC.CC(=O)Nc1ccccc1.CNCc1ccncc1.CSc1nccc(C)n1. The molecule has 0 saturated heterocycles. The highest BCUT2D eigenvalue weighted by atomic mass is 32.2. The van der Waals surface area contributed by atoms with Gasteiger partial charge in [0.25, 0.3) is 0 Å². The second-order valence-corrected chi connectivity index (χ2v) is 6.39. The van der Waals surface area contributed by atoms with Crippen LogP contribution < -0.4 is 10.6 Å². The number of benzene rings is 1. The van der Waals surface area contributed by atoms with Crippen molar-refractivity contribution in [3.05, 3.63) is 78.4 Å². The van der Waals surface area contributed by atoms with Crippen LogP contribution in [-0.2, 0) is 11.3 Å². The second-order valence-electron chi connectivity index (χ2n) is 5.62. The third-order valence-electron chi connectivity index (χ3n) is 3.18. The number of thioether (sulfide) groups is 1. The van der Waals surface area contributed by atoms with E-state index in [9.17, 15) is 4.79 Å². The van der Waals surface area contributed by atoms with Crippen LogP contribution in [-0.4, -0.2) is 34.2 Å². The van der Waals surface area contributed by atoms with Crippen molar-refractivity contribution in [1.82, 2.24) is 20.3 Å². The van der Waals surface area contributed by atoms with E-state index in [2.05, 4.69) is 25.6 Å². The van der Waals surface area contributed by atoms with E-state index in [1.165, 1.54) is 12.5 Å². The molecule has 1 amide bonds. The summed E-state index contributed by atoms with van der Waals surface area (Å²) in [6.07, 6.45) is 7.34. The van der Waals surface area contributed by atoms with Crippen molar-refractivity contribution in [3.63, 3.8) is 0 Å². The zero-order valence-corrected chi connectivity index (χ0v) is 21.5. The topological polar surface area (TPSA) is 79.8 Å². The standard InChI is InChI=1S/C8H9NO.C7H10N2.C6H8N2S.2C2H6/c1-7(10)9-8-5-3-2-4-6-8;1-8-6-7-2-4-9-5-3-7;1-5-3-4-7-6(8-5)9-2;2*1-2/h2-6H,1H3,(H,9,10);2-5,8H,6H2,1H3;3-4H,1-2H3;2*1-2H3. The summed E-state index contributed by atoms with van der Waals surface area (Å²) in [5.41, 5.74) is 3.14. The first-order chi connectivity index (χ1) is 15.5. The number of hydrogen-bond donors (Lipinski definition) is 2. The molecule has 0 spiro atoms. The molecular weight excluding hydrogens is 418 g/mol. The molecule has 0 saturated carbocycles. The first-order valence-corrected chi connectivity index (χ1v) is 12.0. The fourth-order valence-corrected chi connectivity index (χ4v) is 2.36. The number of anilines is 1. The van der Waals surface area contributed by atoms with Gasteiger partial charge in [0.1, 0.15) is 0 Å². The summed E-state index contributed by atoms with van der Waals surface area (Å²) in [5, 5.41) is 6.56. The average Bonchev–Trinajstić information content (AvgIpc) is 2.84. The lowest BCUT2D eigenvalue weighted by atomic mass is 10.3. The molecule has 0 aliphatic rings. The van der Waals surface area contributed by atoms with Gasteiger partial charge in [-0.1, -0.05) is 57.7 Å². The van der Waals surface area contributed by atoms with Crippen LogP contribution in [0.25, 0.3) is 0 Å². The van der Waals surface area contributed by atoms with Crippen LogP contribution in [0.2, 0.25) is 0 Å². The second kappa shape index (κ2) is 22.9. The minimum absolute atomic E-state index is 0.0359. The van der Waals surface area contributed by atoms with Crippen molar-refractivity contribution in [2.75, 3.05) is 18.6 Å². The van der Waals surface area contributed by atoms with Gasteiger partial charge in [0.15, 0.2) is 5.16 Å². The van der Waals surface area contributed by atoms with E-state index in [0.717, 1.165) is 23.1 Å². The summed E-state index contributed by atoms with van der Waals surface area (Å²) in [6, 6.07) is 15.2. The van der Waals surface area contributed by atoms with E-state index in [-0.39, 0.29) is 5.91 Å². The molecule has 2 N–H and O–H groups in total. The van der Waals surface area contributed by atoms with Gasteiger partial charge in [-0.05, 0) is 56.1 Å². The normalized spacial score (nSPS) is 8.50. The van der Waals surface area contributed by atoms with Gasteiger partial charge in [0.2, 0.25) is 5.91 Å². The van der Waals surface area contributed by atoms with Crippen LogP contribution in [0.3, 0.4) is 0 Å². The van der Waals surface area contributed by atoms with Crippen molar-refractivity contribution < 1.29 is 4.79 Å². The highest BCUT2D eigenvalue weighted by molar-refractivity contribution is 7.98.